The third kappa shape index (κ3) is 2.87. The van der Waals surface area contributed by atoms with Crippen molar-refractivity contribution in [3.8, 4) is 6.07 Å². The number of hydrogen-bond acceptors (Lipinski definition) is 5. The normalized spacial score (nSPS) is 9.89. The largest absolute Gasteiger partial charge is 0.375 e. The summed E-state index contributed by atoms with van der Waals surface area (Å²) in [5, 5.41) is 26.7. The molecule has 2 aromatic rings. The van der Waals surface area contributed by atoms with Crippen LogP contribution in [0.2, 0.25) is 0 Å². The zero-order chi connectivity index (χ0) is 13.8. The molecule has 1 aromatic heterocycles. The van der Waals surface area contributed by atoms with E-state index in [-0.39, 0.29) is 11.3 Å². The molecular formula is C12H11N5O2. The second kappa shape index (κ2) is 5.18. The molecule has 0 atom stereocenters. The summed E-state index contributed by atoms with van der Waals surface area (Å²) in [5.74, 6) is 0. The molecule has 7 heteroatoms. The van der Waals surface area contributed by atoms with E-state index in [0.29, 0.717) is 12.2 Å². The van der Waals surface area contributed by atoms with E-state index in [1.165, 1.54) is 12.1 Å². The molecule has 0 saturated carbocycles. The molecular weight excluding hydrogens is 246 g/mol. The first-order chi connectivity index (χ1) is 9.10. The summed E-state index contributed by atoms with van der Waals surface area (Å²) in [5.41, 5.74) is 1.45. The van der Waals surface area contributed by atoms with Gasteiger partial charge in [-0.15, -0.1) is 0 Å². The van der Waals surface area contributed by atoms with Crippen LogP contribution in [-0.2, 0) is 13.6 Å². The highest BCUT2D eigenvalue weighted by Gasteiger charge is 2.14. The Morgan fingerprint density at radius 2 is 2.37 bits per heavy atom. The van der Waals surface area contributed by atoms with Gasteiger partial charge in [0.1, 0.15) is 5.69 Å². The van der Waals surface area contributed by atoms with Crippen LogP contribution in [0.15, 0.2) is 30.6 Å². The van der Waals surface area contributed by atoms with Crippen LogP contribution >= 0.6 is 0 Å². The van der Waals surface area contributed by atoms with Gasteiger partial charge in [-0.25, -0.2) is 0 Å². The minimum Gasteiger partial charge on any atom is -0.375 e. The quantitative estimate of drug-likeness (QED) is 0.665. The Balaban J connectivity index is 2.20. The maximum atomic E-state index is 10.9. The number of hydrogen-bond donors (Lipinski definition) is 1. The molecule has 0 unspecified atom stereocenters. The van der Waals surface area contributed by atoms with Crippen molar-refractivity contribution in [2.75, 3.05) is 5.32 Å². The smallest absolute Gasteiger partial charge is 0.293 e. The molecule has 7 nitrogen and oxygen atoms in total. The van der Waals surface area contributed by atoms with Gasteiger partial charge in [0.2, 0.25) is 0 Å². The van der Waals surface area contributed by atoms with E-state index in [2.05, 4.69) is 10.4 Å². The van der Waals surface area contributed by atoms with Gasteiger partial charge in [0.15, 0.2) is 0 Å². The summed E-state index contributed by atoms with van der Waals surface area (Å²) < 4.78 is 1.66. The maximum absolute atomic E-state index is 10.9. The highest BCUT2D eigenvalue weighted by atomic mass is 16.6. The predicted molar refractivity (Wildman–Crippen MR) is 68.3 cm³/mol. The summed E-state index contributed by atoms with van der Waals surface area (Å²) in [6.07, 6.45) is 3.50. The Morgan fingerprint density at radius 3 is 2.95 bits per heavy atom. The number of rotatable bonds is 4. The molecule has 1 N–H and O–H groups in total. The number of anilines is 1. The lowest BCUT2D eigenvalue weighted by Crippen LogP contribution is -2.02. The topological polar surface area (TPSA) is 96.8 Å². The van der Waals surface area contributed by atoms with Crippen molar-refractivity contribution in [2.24, 2.45) is 7.05 Å². The number of aromatic nitrogens is 2. The zero-order valence-corrected chi connectivity index (χ0v) is 10.2. The van der Waals surface area contributed by atoms with E-state index in [9.17, 15) is 10.1 Å². The van der Waals surface area contributed by atoms with Crippen LogP contribution in [0.1, 0.15) is 11.1 Å². The minimum atomic E-state index is -0.508. The van der Waals surface area contributed by atoms with E-state index in [4.69, 9.17) is 5.26 Å². The van der Waals surface area contributed by atoms with E-state index in [1.807, 2.05) is 12.3 Å². The Labute approximate surface area is 109 Å². The maximum Gasteiger partial charge on any atom is 0.293 e. The molecule has 1 heterocycles. The van der Waals surface area contributed by atoms with Crippen LogP contribution < -0.4 is 5.32 Å². The van der Waals surface area contributed by atoms with Crippen molar-refractivity contribution in [3.63, 3.8) is 0 Å². The molecule has 19 heavy (non-hydrogen) atoms. The SMILES string of the molecule is Cn1cc(CNc2ccc(C#N)cc2[N+](=O)[O-])cn1. The molecule has 0 aliphatic heterocycles. The molecule has 0 aliphatic rings. The van der Waals surface area contributed by atoms with Crippen LogP contribution in [0, 0.1) is 21.4 Å². The molecule has 96 valence electrons. The van der Waals surface area contributed by atoms with Crippen LogP contribution in [0.3, 0.4) is 0 Å². The average Bonchev–Trinajstić information content (AvgIpc) is 2.82. The molecule has 0 fully saturated rings. The summed E-state index contributed by atoms with van der Waals surface area (Å²) >= 11 is 0. The number of nitrogens with zero attached hydrogens (tertiary/aromatic N) is 4. The monoisotopic (exact) mass is 257 g/mol. The molecule has 0 spiro atoms. The van der Waals surface area contributed by atoms with Crippen molar-refractivity contribution in [1.82, 2.24) is 9.78 Å². The second-order valence-corrected chi connectivity index (χ2v) is 3.98. The number of nitrogens with one attached hydrogen (secondary N) is 1. The van der Waals surface area contributed by atoms with Crippen molar-refractivity contribution in [3.05, 3.63) is 51.8 Å². The van der Waals surface area contributed by atoms with Crippen LogP contribution in [0.4, 0.5) is 11.4 Å². The molecule has 0 aliphatic carbocycles. The van der Waals surface area contributed by atoms with Crippen molar-refractivity contribution in [1.29, 1.82) is 5.26 Å². The highest BCUT2D eigenvalue weighted by Crippen LogP contribution is 2.25. The number of nitro groups is 1. The van der Waals surface area contributed by atoms with Gasteiger partial charge in [-0.05, 0) is 12.1 Å². The fourth-order valence-electron chi connectivity index (χ4n) is 1.66. The first-order valence-corrected chi connectivity index (χ1v) is 5.50. The van der Waals surface area contributed by atoms with E-state index in [0.717, 1.165) is 5.56 Å². The number of nitro benzene ring substituents is 1. The molecule has 0 bridgehead atoms. The van der Waals surface area contributed by atoms with Gasteiger partial charge in [-0.1, -0.05) is 0 Å². The van der Waals surface area contributed by atoms with Crippen molar-refractivity contribution < 1.29 is 4.92 Å². The van der Waals surface area contributed by atoms with Crippen molar-refractivity contribution in [2.45, 2.75) is 6.54 Å². The molecule has 0 amide bonds. The van der Waals surface area contributed by atoms with Gasteiger partial charge in [0.05, 0.1) is 22.8 Å². The van der Waals surface area contributed by atoms with Crippen LogP contribution in [0.25, 0.3) is 0 Å². The van der Waals surface area contributed by atoms with Crippen LogP contribution in [-0.4, -0.2) is 14.7 Å². The Kier molecular flexibility index (Phi) is 3.43. The second-order valence-electron chi connectivity index (χ2n) is 3.98. The van der Waals surface area contributed by atoms with Gasteiger partial charge < -0.3 is 5.32 Å². The lowest BCUT2D eigenvalue weighted by Gasteiger charge is -2.05. The van der Waals surface area contributed by atoms with Crippen LogP contribution in [0.5, 0.6) is 0 Å². The van der Waals surface area contributed by atoms with E-state index >= 15 is 0 Å². The Morgan fingerprint density at radius 1 is 1.58 bits per heavy atom. The van der Waals surface area contributed by atoms with Gasteiger partial charge in [0, 0.05) is 31.4 Å². The first-order valence-electron chi connectivity index (χ1n) is 5.50. The van der Waals surface area contributed by atoms with Gasteiger partial charge in [0.25, 0.3) is 5.69 Å². The number of aryl methyl sites for hydroxylation is 1. The first kappa shape index (κ1) is 12.6. The lowest BCUT2D eigenvalue weighted by molar-refractivity contribution is -0.384. The lowest BCUT2D eigenvalue weighted by atomic mass is 10.2. The zero-order valence-electron chi connectivity index (χ0n) is 10.2. The summed E-state index contributed by atoms with van der Waals surface area (Å²) in [6, 6.07) is 6.21. The number of nitriles is 1. The average molecular weight is 257 g/mol. The summed E-state index contributed by atoms with van der Waals surface area (Å²) in [4.78, 5) is 10.4. The molecule has 2 rings (SSSR count). The fourth-order valence-corrected chi connectivity index (χ4v) is 1.66. The Bertz CT molecular complexity index is 656. The highest BCUT2D eigenvalue weighted by molar-refractivity contribution is 5.64. The third-order valence-corrected chi connectivity index (χ3v) is 2.56. The van der Waals surface area contributed by atoms with Crippen molar-refractivity contribution >= 4 is 11.4 Å². The molecule has 0 saturated heterocycles. The Hall–Kier alpha value is -2.88. The standard InChI is InChI=1S/C12H11N5O2/c1-16-8-10(7-15-16)6-14-11-3-2-9(5-13)4-12(11)17(18)19/h2-4,7-8,14H,6H2,1H3. The van der Waals surface area contributed by atoms with E-state index < -0.39 is 4.92 Å². The van der Waals surface area contributed by atoms with Gasteiger partial charge >= 0.3 is 0 Å². The van der Waals surface area contributed by atoms with Gasteiger partial charge in [-0.3, -0.25) is 14.8 Å². The predicted octanol–water partition coefficient (Wildman–Crippen LogP) is 1.81. The number of benzene rings is 1. The minimum absolute atomic E-state index is 0.108. The fraction of sp³-hybridized carbons (Fsp3) is 0.167. The summed E-state index contributed by atoms with van der Waals surface area (Å²) in [6.45, 7) is 0.431. The molecule has 1 aromatic carbocycles. The third-order valence-electron chi connectivity index (χ3n) is 2.56. The molecule has 0 radical (unpaired) electrons. The van der Waals surface area contributed by atoms with Gasteiger partial charge in [-0.2, -0.15) is 10.4 Å². The van der Waals surface area contributed by atoms with E-state index in [1.54, 1.807) is 24.0 Å². The summed E-state index contributed by atoms with van der Waals surface area (Å²) in [7, 11) is 1.80.